The zero-order valence-electron chi connectivity index (χ0n) is 12.1. The number of H-pyrrole nitrogens is 1. The molecule has 1 heterocycles. The second kappa shape index (κ2) is 5.91. The van der Waals surface area contributed by atoms with Gasteiger partial charge in [-0.2, -0.15) is 0 Å². The summed E-state index contributed by atoms with van der Waals surface area (Å²) in [6.07, 6.45) is 7.56. The van der Waals surface area contributed by atoms with Crippen molar-refractivity contribution in [1.82, 2.24) is 25.4 Å². The molecule has 3 rings (SSSR count). The summed E-state index contributed by atoms with van der Waals surface area (Å²) < 4.78 is 0. The van der Waals surface area contributed by atoms with Crippen molar-refractivity contribution in [3.63, 3.8) is 0 Å². The third-order valence-electron chi connectivity index (χ3n) is 4.37. The Bertz CT molecular complexity index is 462. The number of rotatable bonds is 6. The second-order valence-corrected chi connectivity index (χ2v) is 5.99. The molecule has 2 saturated carbocycles. The molecule has 0 saturated heterocycles. The number of aromatic amines is 1. The number of nitrogens with one attached hydrogen (secondary N) is 2. The zero-order chi connectivity index (χ0) is 13.9. The number of carbonyl (C=O) groups excluding carboxylic acids is 1. The SMILES string of the molecule is CN(CCNC(=O)c1n[nH]c(C2CC2)n1)C1CCCC1. The second-order valence-electron chi connectivity index (χ2n) is 5.99. The molecule has 0 aliphatic heterocycles. The summed E-state index contributed by atoms with van der Waals surface area (Å²) in [7, 11) is 2.14. The van der Waals surface area contributed by atoms with Crippen LogP contribution in [0.15, 0.2) is 0 Å². The van der Waals surface area contributed by atoms with Gasteiger partial charge in [0.15, 0.2) is 0 Å². The van der Waals surface area contributed by atoms with Crippen LogP contribution in [0, 0.1) is 0 Å². The van der Waals surface area contributed by atoms with Gasteiger partial charge in [-0.15, -0.1) is 5.10 Å². The lowest BCUT2D eigenvalue weighted by molar-refractivity contribution is 0.0937. The summed E-state index contributed by atoms with van der Waals surface area (Å²) in [6.45, 7) is 1.54. The van der Waals surface area contributed by atoms with Gasteiger partial charge in [0.05, 0.1) is 0 Å². The predicted octanol–water partition coefficient (Wildman–Crippen LogP) is 1.29. The summed E-state index contributed by atoms with van der Waals surface area (Å²) in [4.78, 5) is 18.5. The highest BCUT2D eigenvalue weighted by atomic mass is 16.2. The molecule has 2 N–H and O–H groups in total. The summed E-state index contributed by atoms with van der Waals surface area (Å²) >= 11 is 0. The number of likely N-dealkylation sites (N-methyl/N-ethyl adjacent to an activating group) is 1. The summed E-state index contributed by atoms with van der Waals surface area (Å²) in [6, 6.07) is 0.692. The molecule has 2 aliphatic rings. The van der Waals surface area contributed by atoms with Crippen molar-refractivity contribution < 1.29 is 4.79 Å². The minimum absolute atomic E-state index is 0.173. The Labute approximate surface area is 119 Å². The summed E-state index contributed by atoms with van der Waals surface area (Å²) in [5.74, 6) is 1.46. The Morgan fingerprint density at radius 2 is 2.10 bits per heavy atom. The first-order valence-electron chi connectivity index (χ1n) is 7.65. The van der Waals surface area contributed by atoms with E-state index in [0.29, 0.717) is 18.5 Å². The van der Waals surface area contributed by atoms with Gasteiger partial charge in [0.25, 0.3) is 5.91 Å². The Morgan fingerprint density at radius 3 is 2.80 bits per heavy atom. The minimum Gasteiger partial charge on any atom is -0.348 e. The van der Waals surface area contributed by atoms with Crippen molar-refractivity contribution in [3.05, 3.63) is 11.6 Å². The van der Waals surface area contributed by atoms with Crippen molar-refractivity contribution >= 4 is 5.91 Å². The van der Waals surface area contributed by atoms with Crippen molar-refractivity contribution in [3.8, 4) is 0 Å². The third-order valence-corrected chi connectivity index (χ3v) is 4.37. The average molecular weight is 277 g/mol. The minimum atomic E-state index is -0.173. The zero-order valence-corrected chi connectivity index (χ0v) is 12.1. The van der Waals surface area contributed by atoms with Crippen LogP contribution in [0.5, 0.6) is 0 Å². The smallest absolute Gasteiger partial charge is 0.291 e. The molecule has 0 atom stereocenters. The van der Waals surface area contributed by atoms with Gasteiger partial charge in [-0.3, -0.25) is 9.89 Å². The predicted molar refractivity (Wildman–Crippen MR) is 75.6 cm³/mol. The van der Waals surface area contributed by atoms with E-state index in [0.717, 1.165) is 25.2 Å². The summed E-state index contributed by atoms with van der Waals surface area (Å²) in [5, 5.41) is 9.75. The van der Waals surface area contributed by atoms with Crippen molar-refractivity contribution in [1.29, 1.82) is 0 Å². The largest absolute Gasteiger partial charge is 0.348 e. The molecule has 0 spiro atoms. The maximum Gasteiger partial charge on any atom is 0.291 e. The number of nitrogens with zero attached hydrogens (tertiary/aromatic N) is 3. The van der Waals surface area contributed by atoms with Crippen LogP contribution >= 0.6 is 0 Å². The highest BCUT2D eigenvalue weighted by molar-refractivity contribution is 5.90. The van der Waals surface area contributed by atoms with Crippen LogP contribution in [0.4, 0.5) is 0 Å². The van der Waals surface area contributed by atoms with Crippen LogP contribution in [-0.2, 0) is 0 Å². The van der Waals surface area contributed by atoms with Crippen molar-refractivity contribution in [2.24, 2.45) is 0 Å². The van der Waals surface area contributed by atoms with Crippen LogP contribution in [-0.4, -0.2) is 52.2 Å². The molecule has 0 radical (unpaired) electrons. The van der Waals surface area contributed by atoms with E-state index in [1.807, 2.05) is 0 Å². The van der Waals surface area contributed by atoms with E-state index in [-0.39, 0.29) is 11.7 Å². The van der Waals surface area contributed by atoms with Gasteiger partial charge in [-0.25, -0.2) is 4.98 Å². The Morgan fingerprint density at radius 1 is 1.35 bits per heavy atom. The van der Waals surface area contributed by atoms with E-state index in [4.69, 9.17) is 0 Å². The molecule has 1 aromatic rings. The number of carbonyl (C=O) groups is 1. The first-order chi connectivity index (χ1) is 9.74. The van der Waals surface area contributed by atoms with Crippen LogP contribution < -0.4 is 5.32 Å². The van der Waals surface area contributed by atoms with Gasteiger partial charge in [0.1, 0.15) is 5.82 Å². The van der Waals surface area contributed by atoms with E-state index >= 15 is 0 Å². The number of hydrogen-bond donors (Lipinski definition) is 2. The van der Waals surface area contributed by atoms with Crippen LogP contribution in [0.2, 0.25) is 0 Å². The first kappa shape index (κ1) is 13.5. The van der Waals surface area contributed by atoms with Gasteiger partial charge >= 0.3 is 0 Å². The highest BCUT2D eigenvalue weighted by Gasteiger charge is 2.28. The molecule has 2 aliphatic carbocycles. The topological polar surface area (TPSA) is 73.9 Å². The van der Waals surface area contributed by atoms with Crippen molar-refractivity contribution in [2.45, 2.75) is 50.5 Å². The Hall–Kier alpha value is -1.43. The lowest BCUT2D eigenvalue weighted by atomic mass is 10.2. The van der Waals surface area contributed by atoms with Crippen LogP contribution in [0.25, 0.3) is 0 Å². The molecule has 20 heavy (non-hydrogen) atoms. The third kappa shape index (κ3) is 3.17. The van der Waals surface area contributed by atoms with Crippen LogP contribution in [0.3, 0.4) is 0 Å². The van der Waals surface area contributed by atoms with Gasteiger partial charge < -0.3 is 10.2 Å². The monoisotopic (exact) mass is 277 g/mol. The van der Waals surface area contributed by atoms with E-state index in [9.17, 15) is 4.79 Å². The summed E-state index contributed by atoms with van der Waals surface area (Å²) in [5.41, 5.74) is 0. The van der Waals surface area contributed by atoms with E-state index < -0.39 is 0 Å². The molecule has 6 heteroatoms. The fourth-order valence-electron chi connectivity index (χ4n) is 2.87. The molecule has 110 valence electrons. The quantitative estimate of drug-likeness (QED) is 0.821. The standard InChI is InChI=1S/C14H23N5O/c1-19(11-4-2-3-5-11)9-8-15-14(20)13-16-12(17-18-13)10-6-7-10/h10-11H,2-9H2,1H3,(H,15,20)(H,16,17,18). The average Bonchev–Trinajstić information content (AvgIpc) is 2.97. The van der Waals surface area contributed by atoms with E-state index in [1.54, 1.807) is 0 Å². The maximum absolute atomic E-state index is 11.9. The fraction of sp³-hybridized carbons (Fsp3) is 0.786. The normalized spacial score (nSPS) is 19.7. The maximum atomic E-state index is 11.9. The molecule has 0 bridgehead atoms. The van der Waals surface area contributed by atoms with E-state index in [2.05, 4.69) is 32.4 Å². The van der Waals surface area contributed by atoms with Crippen molar-refractivity contribution in [2.75, 3.05) is 20.1 Å². The number of aromatic nitrogens is 3. The molecule has 1 aromatic heterocycles. The Kier molecular flexibility index (Phi) is 4.00. The molecular formula is C14H23N5O. The highest BCUT2D eigenvalue weighted by Crippen LogP contribution is 2.37. The van der Waals surface area contributed by atoms with Gasteiger partial charge in [-0.05, 0) is 32.7 Å². The van der Waals surface area contributed by atoms with Gasteiger partial charge in [0, 0.05) is 25.0 Å². The molecular weight excluding hydrogens is 254 g/mol. The molecule has 6 nitrogen and oxygen atoms in total. The van der Waals surface area contributed by atoms with E-state index in [1.165, 1.54) is 25.7 Å². The fourth-order valence-corrected chi connectivity index (χ4v) is 2.87. The molecule has 2 fully saturated rings. The Balaban J connectivity index is 1.41. The molecule has 0 unspecified atom stereocenters. The van der Waals surface area contributed by atoms with Gasteiger partial charge in [0.2, 0.25) is 5.82 Å². The van der Waals surface area contributed by atoms with Crippen LogP contribution in [0.1, 0.15) is 60.9 Å². The molecule has 0 aromatic carbocycles. The lowest BCUT2D eigenvalue weighted by Crippen LogP contribution is -2.37. The lowest BCUT2D eigenvalue weighted by Gasteiger charge is -2.23. The van der Waals surface area contributed by atoms with Gasteiger partial charge in [-0.1, -0.05) is 12.8 Å². The molecule has 1 amide bonds. The number of hydrogen-bond acceptors (Lipinski definition) is 4. The number of amides is 1. The first-order valence-corrected chi connectivity index (χ1v) is 7.65.